The molecule has 3 N–H and O–H groups in total. The summed E-state index contributed by atoms with van der Waals surface area (Å²) in [5.74, 6) is -0.0516. The average Bonchev–Trinajstić information content (AvgIpc) is 2.74. The zero-order chi connectivity index (χ0) is 21.9. The molecule has 0 bridgehead atoms. The number of carbonyl (C=O) groups is 3. The van der Waals surface area contributed by atoms with Crippen LogP contribution < -0.4 is 20.7 Å². The number of nitrogens with one attached hydrogen (secondary N) is 3. The van der Waals surface area contributed by atoms with Crippen molar-refractivity contribution >= 4 is 29.1 Å². The summed E-state index contributed by atoms with van der Waals surface area (Å²) in [5.41, 5.74) is 1.60. The van der Waals surface area contributed by atoms with Crippen LogP contribution in [0.1, 0.15) is 24.2 Å². The number of benzene rings is 2. The molecule has 0 aliphatic carbocycles. The molecule has 0 unspecified atom stereocenters. The summed E-state index contributed by atoms with van der Waals surface area (Å²) in [6.07, 6.45) is 0. The van der Waals surface area contributed by atoms with Crippen molar-refractivity contribution in [2.24, 2.45) is 0 Å². The lowest BCUT2D eigenvalue weighted by Gasteiger charge is -2.19. The topological polar surface area (TPSA) is 99.8 Å². The van der Waals surface area contributed by atoms with Crippen LogP contribution in [0, 0.1) is 0 Å². The number of likely N-dealkylation sites (N-methyl/N-ethyl adjacent to an activating group) is 2. The van der Waals surface area contributed by atoms with Gasteiger partial charge in [-0.25, -0.2) is 0 Å². The summed E-state index contributed by atoms with van der Waals surface area (Å²) in [4.78, 5) is 38.2. The summed E-state index contributed by atoms with van der Waals surface area (Å²) < 4.78 is 5.23. The molecule has 30 heavy (non-hydrogen) atoms. The normalized spacial score (nSPS) is 10.4. The molecule has 2 aromatic rings. The first-order valence-corrected chi connectivity index (χ1v) is 9.80. The molecule has 0 saturated carbocycles. The molecule has 0 radical (unpaired) electrons. The Morgan fingerprint density at radius 3 is 2.20 bits per heavy atom. The molecule has 0 fully saturated rings. The van der Waals surface area contributed by atoms with Crippen molar-refractivity contribution in [1.82, 2.24) is 10.2 Å². The lowest BCUT2D eigenvalue weighted by molar-refractivity contribution is -0.123. The van der Waals surface area contributed by atoms with E-state index in [1.807, 2.05) is 26.0 Å². The average molecular weight is 412 g/mol. The summed E-state index contributed by atoms with van der Waals surface area (Å²) in [6, 6.07) is 13.7. The van der Waals surface area contributed by atoms with Crippen molar-refractivity contribution in [3.05, 3.63) is 54.1 Å². The second-order valence-electron chi connectivity index (χ2n) is 6.54. The smallest absolute Gasteiger partial charge is 0.255 e. The Kier molecular flexibility index (Phi) is 8.83. The van der Waals surface area contributed by atoms with E-state index < -0.39 is 0 Å². The number of ether oxygens (including phenoxy) is 1. The SMILES string of the molecule is CCNC(=O)CN(CC)CC(=O)Nc1ccc(C(=O)Nc2ccccc2OC)cc1. The second kappa shape index (κ2) is 11.6. The number of methoxy groups -OCH3 is 1. The maximum absolute atomic E-state index is 12.5. The summed E-state index contributed by atoms with van der Waals surface area (Å²) in [5, 5.41) is 8.30. The molecule has 0 aliphatic heterocycles. The first kappa shape index (κ1) is 22.9. The fourth-order valence-electron chi connectivity index (χ4n) is 2.79. The van der Waals surface area contributed by atoms with Crippen molar-refractivity contribution in [1.29, 1.82) is 0 Å². The predicted molar refractivity (Wildman–Crippen MR) is 117 cm³/mol. The van der Waals surface area contributed by atoms with Gasteiger partial charge in [0.15, 0.2) is 0 Å². The highest BCUT2D eigenvalue weighted by Crippen LogP contribution is 2.23. The van der Waals surface area contributed by atoms with Crippen LogP contribution in [0.3, 0.4) is 0 Å². The third-order valence-electron chi connectivity index (χ3n) is 4.34. The Hall–Kier alpha value is -3.39. The van der Waals surface area contributed by atoms with Crippen LogP contribution in [0.25, 0.3) is 0 Å². The van der Waals surface area contributed by atoms with Crippen molar-refractivity contribution in [2.75, 3.05) is 43.9 Å². The van der Waals surface area contributed by atoms with Crippen LogP contribution in [0.5, 0.6) is 5.75 Å². The number of anilines is 2. The maximum atomic E-state index is 12.5. The van der Waals surface area contributed by atoms with Gasteiger partial charge in [-0.2, -0.15) is 0 Å². The number of carbonyl (C=O) groups excluding carboxylic acids is 3. The molecule has 8 nitrogen and oxygen atoms in total. The minimum Gasteiger partial charge on any atom is -0.495 e. The Morgan fingerprint density at radius 2 is 1.57 bits per heavy atom. The molecule has 2 aromatic carbocycles. The zero-order valence-electron chi connectivity index (χ0n) is 17.5. The fraction of sp³-hybridized carbons (Fsp3) is 0.318. The lowest BCUT2D eigenvalue weighted by atomic mass is 10.2. The molecular formula is C22H28N4O4. The van der Waals surface area contributed by atoms with E-state index in [1.54, 1.807) is 48.4 Å². The van der Waals surface area contributed by atoms with E-state index in [1.165, 1.54) is 0 Å². The van der Waals surface area contributed by atoms with Crippen molar-refractivity contribution < 1.29 is 19.1 Å². The van der Waals surface area contributed by atoms with Crippen molar-refractivity contribution in [2.45, 2.75) is 13.8 Å². The van der Waals surface area contributed by atoms with E-state index >= 15 is 0 Å². The van der Waals surface area contributed by atoms with Crippen molar-refractivity contribution in [3.8, 4) is 5.75 Å². The molecule has 0 atom stereocenters. The van der Waals surface area contributed by atoms with E-state index in [9.17, 15) is 14.4 Å². The Balaban J connectivity index is 1.92. The van der Waals surface area contributed by atoms with Gasteiger partial charge in [-0.05, 0) is 49.9 Å². The highest BCUT2D eigenvalue weighted by Gasteiger charge is 2.14. The quantitative estimate of drug-likeness (QED) is 0.556. The minimum absolute atomic E-state index is 0.101. The van der Waals surface area contributed by atoms with Crippen LogP contribution in [0.15, 0.2) is 48.5 Å². The van der Waals surface area contributed by atoms with Crippen LogP contribution >= 0.6 is 0 Å². The Labute approximate surface area is 176 Å². The second-order valence-corrected chi connectivity index (χ2v) is 6.54. The molecule has 0 spiro atoms. The van der Waals surface area contributed by atoms with Gasteiger partial charge in [-0.3, -0.25) is 19.3 Å². The van der Waals surface area contributed by atoms with E-state index in [2.05, 4.69) is 16.0 Å². The Morgan fingerprint density at radius 1 is 0.900 bits per heavy atom. The fourth-order valence-corrected chi connectivity index (χ4v) is 2.79. The van der Waals surface area contributed by atoms with Gasteiger partial charge in [-0.15, -0.1) is 0 Å². The third-order valence-corrected chi connectivity index (χ3v) is 4.34. The first-order chi connectivity index (χ1) is 14.5. The van der Waals surface area contributed by atoms with Gasteiger partial charge in [0.05, 0.1) is 25.9 Å². The third kappa shape index (κ3) is 6.89. The van der Waals surface area contributed by atoms with Gasteiger partial charge in [0.1, 0.15) is 5.75 Å². The molecule has 0 saturated heterocycles. The van der Waals surface area contributed by atoms with Crippen LogP contribution in [0.2, 0.25) is 0 Å². The number of rotatable bonds is 10. The zero-order valence-corrected chi connectivity index (χ0v) is 17.5. The molecule has 0 aliphatic rings. The Bertz CT molecular complexity index is 868. The number of nitrogens with zero attached hydrogens (tertiary/aromatic N) is 1. The van der Waals surface area contributed by atoms with Gasteiger partial charge in [0.25, 0.3) is 5.91 Å². The van der Waals surface area contributed by atoms with Gasteiger partial charge in [-0.1, -0.05) is 19.1 Å². The van der Waals surface area contributed by atoms with Crippen LogP contribution in [0.4, 0.5) is 11.4 Å². The molecule has 0 aromatic heterocycles. The number of hydrogen-bond acceptors (Lipinski definition) is 5. The van der Waals surface area contributed by atoms with Crippen molar-refractivity contribution in [3.63, 3.8) is 0 Å². The van der Waals surface area contributed by atoms with Gasteiger partial charge < -0.3 is 20.7 Å². The molecule has 3 amide bonds. The monoisotopic (exact) mass is 412 g/mol. The predicted octanol–water partition coefficient (Wildman–Crippen LogP) is 2.34. The van der Waals surface area contributed by atoms with Gasteiger partial charge in [0.2, 0.25) is 11.8 Å². The molecule has 0 heterocycles. The van der Waals surface area contributed by atoms with Crippen LogP contribution in [-0.4, -0.2) is 55.9 Å². The minimum atomic E-state index is -0.281. The molecule has 160 valence electrons. The first-order valence-electron chi connectivity index (χ1n) is 9.80. The number of amides is 3. The number of hydrogen-bond donors (Lipinski definition) is 3. The van der Waals surface area contributed by atoms with E-state index in [0.29, 0.717) is 35.8 Å². The van der Waals surface area contributed by atoms with Crippen LogP contribution in [-0.2, 0) is 9.59 Å². The number of para-hydroxylation sites is 2. The molecular weight excluding hydrogens is 384 g/mol. The van der Waals surface area contributed by atoms with E-state index in [4.69, 9.17) is 4.74 Å². The van der Waals surface area contributed by atoms with E-state index in [0.717, 1.165) is 0 Å². The van der Waals surface area contributed by atoms with Gasteiger partial charge >= 0.3 is 0 Å². The highest BCUT2D eigenvalue weighted by molar-refractivity contribution is 6.05. The van der Waals surface area contributed by atoms with Gasteiger partial charge in [0, 0.05) is 17.8 Å². The highest BCUT2D eigenvalue weighted by atomic mass is 16.5. The molecule has 2 rings (SSSR count). The summed E-state index contributed by atoms with van der Waals surface area (Å²) >= 11 is 0. The largest absolute Gasteiger partial charge is 0.495 e. The summed E-state index contributed by atoms with van der Waals surface area (Å²) in [7, 11) is 1.54. The van der Waals surface area contributed by atoms with E-state index in [-0.39, 0.29) is 30.8 Å². The standard InChI is InChI=1S/C22H28N4O4/c1-4-23-20(27)14-26(5-2)15-21(28)24-17-12-10-16(11-13-17)22(29)25-18-8-6-7-9-19(18)30-3/h6-13H,4-5,14-15H2,1-3H3,(H,23,27)(H,24,28)(H,25,29). The summed E-state index contributed by atoms with van der Waals surface area (Å²) in [6.45, 7) is 5.14. The molecule has 8 heteroatoms. The maximum Gasteiger partial charge on any atom is 0.255 e. The lowest BCUT2D eigenvalue weighted by Crippen LogP contribution is -2.41.